The highest BCUT2D eigenvalue weighted by Crippen LogP contribution is 2.41. The summed E-state index contributed by atoms with van der Waals surface area (Å²) in [5, 5.41) is 8.95. The number of carboxylic acid groups (broad SMARTS) is 1. The standard InChI is InChI=1S/C9H13Br3O2/c1-8(2,3)5-4-6(7(13)14)9(10,11)12/h4H,5H2,1-3H3,(H,13,14). The van der Waals surface area contributed by atoms with E-state index in [4.69, 9.17) is 5.11 Å². The fourth-order valence-corrected chi connectivity index (χ4v) is 1.73. The molecule has 0 aromatic heterocycles. The lowest BCUT2D eigenvalue weighted by Gasteiger charge is -2.18. The largest absolute Gasteiger partial charge is 0.478 e. The van der Waals surface area contributed by atoms with Crippen molar-refractivity contribution in [1.29, 1.82) is 0 Å². The van der Waals surface area contributed by atoms with Gasteiger partial charge in [-0.1, -0.05) is 74.6 Å². The molecule has 0 unspecified atom stereocenters. The predicted molar refractivity (Wildman–Crippen MR) is 69.3 cm³/mol. The van der Waals surface area contributed by atoms with Gasteiger partial charge in [-0.25, -0.2) is 4.79 Å². The summed E-state index contributed by atoms with van der Waals surface area (Å²) in [5.74, 6) is -0.945. The van der Waals surface area contributed by atoms with Gasteiger partial charge >= 0.3 is 5.97 Å². The molecule has 0 bridgehead atoms. The zero-order valence-electron chi connectivity index (χ0n) is 8.27. The smallest absolute Gasteiger partial charge is 0.334 e. The van der Waals surface area contributed by atoms with Crippen molar-refractivity contribution in [1.82, 2.24) is 0 Å². The normalized spacial score (nSPS) is 14.3. The van der Waals surface area contributed by atoms with Gasteiger partial charge in [0.2, 0.25) is 0 Å². The van der Waals surface area contributed by atoms with Crippen LogP contribution in [0.1, 0.15) is 27.2 Å². The van der Waals surface area contributed by atoms with Crippen molar-refractivity contribution in [2.24, 2.45) is 5.41 Å². The first-order valence-corrected chi connectivity index (χ1v) is 6.42. The van der Waals surface area contributed by atoms with E-state index in [2.05, 4.69) is 68.6 Å². The Balaban J connectivity index is 4.78. The van der Waals surface area contributed by atoms with Gasteiger partial charge in [0.15, 0.2) is 2.14 Å². The molecule has 0 spiro atoms. The van der Waals surface area contributed by atoms with Crippen molar-refractivity contribution in [3.8, 4) is 0 Å². The molecule has 1 N–H and O–H groups in total. The van der Waals surface area contributed by atoms with Crippen LogP contribution in [0.15, 0.2) is 11.6 Å². The summed E-state index contributed by atoms with van der Waals surface area (Å²) in [4.78, 5) is 10.9. The Bertz CT molecular complexity index is 246. The SMILES string of the molecule is CC(C)(C)CC=C(C(=O)O)C(Br)(Br)Br. The van der Waals surface area contributed by atoms with Crippen LogP contribution in [0.2, 0.25) is 0 Å². The first-order valence-electron chi connectivity index (χ1n) is 4.05. The molecule has 0 radical (unpaired) electrons. The summed E-state index contributed by atoms with van der Waals surface area (Å²) in [6.07, 6.45) is 2.42. The molecule has 82 valence electrons. The molecular formula is C9H13Br3O2. The second kappa shape index (κ2) is 5.12. The van der Waals surface area contributed by atoms with Gasteiger partial charge in [-0.05, 0) is 11.8 Å². The zero-order valence-corrected chi connectivity index (χ0v) is 13.0. The number of carboxylic acids is 1. The van der Waals surface area contributed by atoms with Crippen LogP contribution in [0.5, 0.6) is 0 Å². The molecule has 5 heteroatoms. The molecule has 0 aliphatic rings. The van der Waals surface area contributed by atoms with E-state index in [-0.39, 0.29) is 11.0 Å². The first kappa shape index (κ1) is 14.6. The van der Waals surface area contributed by atoms with Crippen LogP contribution in [0.25, 0.3) is 0 Å². The van der Waals surface area contributed by atoms with E-state index in [1.54, 1.807) is 6.08 Å². The summed E-state index contributed by atoms with van der Waals surface area (Å²) in [6.45, 7) is 6.17. The third-order valence-electron chi connectivity index (χ3n) is 1.45. The quantitative estimate of drug-likeness (QED) is 0.562. The number of alkyl halides is 3. The van der Waals surface area contributed by atoms with Crippen molar-refractivity contribution in [3.63, 3.8) is 0 Å². The van der Waals surface area contributed by atoms with E-state index in [0.717, 1.165) is 0 Å². The van der Waals surface area contributed by atoms with Crippen LogP contribution < -0.4 is 0 Å². The lowest BCUT2D eigenvalue weighted by Crippen LogP contribution is -2.16. The molecule has 0 saturated carbocycles. The number of carbonyl (C=O) groups is 1. The molecule has 2 nitrogen and oxygen atoms in total. The molecular weight excluding hydrogens is 380 g/mol. The van der Waals surface area contributed by atoms with Gasteiger partial charge in [-0.15, -0.1) is 0 Å². The summed E-state index contributed by atoms with van der Waals surface area (Å²) in [7, 11) is 0. The van der Waals surface area contributed by atoms with Crippen LogP contribution in [-0.2, 0) is 4.79 Å². The maximum atomic E-state index is 10.9. The molecule has 0 amide bonds. The van der Waals surface area contributed by atoms with Crippen molar-refractivity contribution >= 4 is 53.8 Å². The average molecular weight is 393 g/mol. The Labute approximate surface area is 110 Å². The molecule has 0 fully saturated rings. The van der Waals surface area contributed by atoms with E-state index in [9.17, 15) is 4.79 Å². The maximum absolute atomic E-state index is 10.9. The summed E-state index contributed by atoms with van der Waals surface area (Å²) >= 11 is 9.59. The van der Waals surface area contributed by atoms with E-state index >= 15 is 0 Å². The maximum Gasteiger partial charge on any atom is 0.334 e. The fraction of sp³-hybridized carbons (Fsp3) is 0.667. The van der Waals surface area contributed by atoms with Crippen LogP contribution in [0, 0.1) is 5.41 Å². The third kappa shape index (κ3) is 6.19. The number of aliphatic carboxylic acids is 1. The van der Waals surface area contributed by atoms with Gasteiger partial charge in [-0.2, -0.15) is 0 Å². The lowest BCUT2D eigenvalue weighted by molar-refractivity contribution is -0.132. The first-order chi connectivity index (χ1) is 6.04. The van der Waals surface area contributed by atoms with Crippen molar-refractivity contribution in [2.75, 3.05) is 0 Å². The molecule has 14 heavy (non-hydrogen) atoms. The number of rotatable bonds is 2. The topological polar surface area (TPSA) is 37.3 Å². The minimum absolute atomic E-state index is 0.0823. The summed E-state index contributed by atoms with van der Waals surface area (Å²) < 4.78 is -0.843. The molecule has 0 aromatic rings. The molecule has 0 aliphatic carbocycles. The predicted octanol–water partition coefficient (Wildman–Crippen LogP) is 4.27. The molecule has 0 aliphatic heterocycles. The number of hydrogen-bond donors (Lipinski definition) is 1. The molecule has 0 heterocycles. The van der Waals surface area contributed by atoms with E-state index in [1.807, 2.05) is 0 Å². The summed E-state index contributed by atoms with van der Waals surface area (Å²) in [6, 6.07) is 0. The number of hydrogen-bond acceptors (Lipinski definition) is 1. The number of halogens is 3. The minimum Gasteiger partial charge on any atom is -0.478 e. The van der Waals surface area contributed by atoms with Gasteiger partial charge in [0.25, 0.3) is 0 Å². The monoisotopic (exact) mass is 390 g/mol. The second-order valence-electron chi connectivity index (χ2n) is 4.19. The van der Waals surface area contributed by atoms with Gasteiger partial charge in [-0.3, -0.25) is 0 Å². The Hall–Kier alpha value is 0.650. The molecule has 0 aromatic carbocycles. The fourth-order valence-electron chi connectivity index (χ4n) is 0.733. The van der Waals surface area contributed by atoms with Gasteiger partial charge in [0, 0.05) is 0 Å². The van der Waals surface area contributed by atoms with Crippen LogP contribution in [0.4, 0.5) is 0 Å². The lowest BCUT2D eigenvalue weighted by atomic mass is 9.91. The van der Waals surface area contributed by atoms with E-state index in [1.165, 1.54) is 0 Å². The highest BCUT2D eigenvalue weighted by atomic mass is 80.0. The van der Waals surface area contributed by atoms with E-state index < -0.39 is 8.11 Å². The van der Waals surface area contributed by atoms with Crippen LogP contribution in [0.3, 0.4) is 0 Å². The zero-order chi connectivity index (χ0) is 11.6. The average Bonchev–Trinajstić information content (AvgIpc) is 1.79. The Morgan fingerprint density at radius 1 is 1.29 bits per heavy atom. The Kier molecular flexibility index (Phi) is 5.36. The Morgan fingerprint density at radius 3 is 1.93 bits per heavy atom. The molecule has 0 saturated heterocycles. The summed E-state index contributed by atoms with van der Waals surface area (Å²) in [5.41, 5.74) is 0.339. The van der Waals surface area contributed by atoms with Crippen molar-refractivity contribution in [3.05, 3.63) is 11.6 Å². The van der Waals surface area contributed by atoms with Gasteiger partial charge < -0.3 is 5.11 Å². The molecule has 0 atom stereocenters. The molecule has 0 rings (SSSR count). The van der Waals surface area contributed by atoms with E-state index in [0.29, 0.717) is 6.42 Å². The van der Waals surface area contributed by atoms with Crippen molar-refractivity contribution < 1.29 is 9.90 Å². The second-order valence-corrected chi connectivity index (χ2v) is 10.9. The van der Waals surface area contributed by atoms with Crippen molar-refractivity contribution in [2.45, 2.75) is 29.3 Å². The van der Waals surface area contributed by atoms with Gasteiger partial charge in [0.1, 0.15) is 0 Å². The highest BCUT2D eigenvalue weighted by Gasteiger charge is 2.29. The van der Waals surface area contributed by atoms with Crippen LogP contribution >= 0.6 is 47.8 Å². The van der Waals surface area contributed by atoms with Gasteiger partial charge in [0.05, 0.1) is 5.57 Å². The minimum atomic E-state index is -0.945. The van der Waals surface area contributed by atoms with Crippen LogP contribution in [-0.4, -0.2) is 13.2 Å². The third-order valence-corrected chi connectivity index (χ3v) is 2.74. The Morgan fingerprint density at radius 2 is 1.71 bits per heavy atom. The highest BCUT2D eigenvalue weighted by molar-refractivity contribution is 9.39. The number of allylic oxidation sites excluding steroid dienone is 1.